The number of aromatic amines is 1. The number of aryl methyl sites for hydroxylation is 1. The third-order valence-electron chi connectivity index (χ3n) is 8.90. The van der Waals surface area contributed by atoms with Gasteiger partial charge in [-0.15, -0.1) is 0 Å². The van der Waals surface area contributed by atoms with Gasteiger partial charge >= 0.3 is 0 Å². The Morgan fingerprint density at radius 1 is 0.442 bits per heavy atom. The molecule has 0 saturated carbocycles. The SMILES string of the molecule is Cc1c2nc3[nH]c(nc4c(C)c(nc5c6ccccc6c(nc1-c1ccccc1-2)n5C)-c1ccccc1-4)c1ccccc31. The lowest BCUT2D eigenvalue weighted by Gasteiger charge is -2.01. The van der Waals surface area contributed by atoms with Gasteiger partial charge in [0.25, 0.3) is 0 Å². The van der Waals surface area contributed by atoms with Gasteiger partial charge in [0.15, 0.2) is 0 Å². The highest BCUT2D eigenvalue weighted by molar-refractivity contribution is 6.07. The normalized spacial score (nSPS) is 12.1. The fraction of sp³-hybridized carbons (Fsp3) is 0.0811. The molecule has 0 unspecified atom stereocenters. The highest BCUT2D eigenvalue weighted by Gasteiger charge is 2.25. The molecule has 0 aliphatic heterocycles. The van der Waals surface area contributed by atoms with Crippen molar-refractivity contribution < 1.29 is 0 Å². The summed E-state index contributed by atoms with van der Waals surface area (Å²) in [7, 11) is 2.06. The Bertz CT molecular complexity index is 2330. The molecule has 0 radical (unpaired) electrons. The van der Waals surface area contributed by atoms with Crippen LogP contribution in [0.15, 0.2) is 97.1 Å². The third kappa shape index (κ3) is 3.29. The van der Waals surface area contributed by atoms with E-state index >= 15 is 0 Å². The lowest BCUT2D eigenvalue weighted by molar-refractivity contribution is 0.971. The van der Waals surface area contributed by atoms with Gasteiger partial charge in [-0.2, -0.15) is 0 Å². The van der Waals surface area contributed by atoms with Crippen LogP contribution in [0.4, 0.5) is 0 Å². The molecule has 0 spiro atoms. The zero-order chi connectivity index (χ0) is 28.8. The average Bonchev–Trinajstić information content (AvgIpc) is 3.69. The van der Waals surface area contributed by atoms with Gasteiger partial charge in [0.1, 0.15) is 22.6 Å². The third-order valence-corrected chi connectivity index (χ3v) is 8.90. The zero-order valence-electron chi connectivity index (χ0n) is 24.0. The Balaban J connectivity index is 1.57. The van der Waals surface area contributed by atoms with Crippen molar-refractivity contribution in [1.82, 2.24) is 29.5 Å². The Morgan fingerprint density at radius 2 is 0.767 bits per heavy atom. The fourth-order valence-electron chi connectivity index (χ4n) is 6.76. The monoisotopic (exact) mass is 554 g/mol. The van der Waals surface area contributed by atoms with Gasteiger partial charge < -0.3 is 9.55 Å². The van der Waals surface area contributed by atoms with E-state index in [1.807, 2.05) is 0 Å². The predicted molar refractivity (Wildman–Crippen MR) is 175 cm³/mol. The fourth-order valence-corrected chi connectivity index (χ4v) is 6.76. The number of aromatic nitrogens is 6. The second-order valence-electron chi connectivity index (χ2n) is 11.3. The minimum atomic E-state index is 0.789. The van der Waals surface area contributed by atoms with Crippen LogP contribution in [0.1, 0.15) is 11.1 Å². The summed E-state index contributed by atoms with van der Waals surface area (Å²) in [5.74, 6) is 0. The molecule has 0 saturated heterocycles. The number of nitrogens with zero attached hydrogens (tertiary/aromatic N) is 5. The van der Waals surface area contributed by atoms with Crippen LogP contribution in [0.2, 0.25) is 0 Å². The lowest BCUT2D eigenvalue weighted by Crippen LogP contribution is -1.93. The van der Waals surface area contributed by atoms with Crippen molar-refractivity contribution in [2.45, 2.75) is 13.8 Å². The summed E-state index contributed by atoms with van der Waals surface area (Å²) in [5.41, 5.74) is 13.4. The number of benzene rings is 4. The minimum Gasteiger partial charge on any atom is -0.324 e. The van der Waals surface area contributed by atoms with Crippen molar-refractivity contribution in [2.75, 3.05) is 0 Å². The number of hydrogen-bond donors (Lipinski definition) is 1. The number of fused-ring (bicyclic) bond motifs is 20. The van der Waals surface area contributed by atoms with Crippen molar-refractivity contribution >= 4 is 44.1 Å². The molecule has 1 N–H and O–H groups in total. The van der Waals surface area contributed by atoms with Gasteiger partial charge in [-0.25, -0.2) is 19.9 Å². The summed E-state index contributed by atoms with van der Waals surface area (Å²) >= 11 is 0. The van der Waals surface area contributed by atoms with E-state index < -0.39 is 0 Å². The molecule has 0 atom stereocenters. The molecule has 4 aromatic carbocycles. The molecule has 3 aromatic heterocycles. The van der Waals surface area contributed by atoms with E-state index in [1.165, 1.54) is 0 Å². The summed E-state index contributed by atoms with van der Waals surface area (Å²) < 4.78 is 2.12. The highest BCUT2D eigenvalue weighted by atomic mass is 15.1. The molecule has 43 heavy (non-hydrogen) atoms. The topological polar surface area (TPSA) is 72.3 Å². The van der Waals surface area contributed by atoms with Crippen LogP contribution < -0.4 is 0 Å². The molecular weight excluding hydrogens is 528 g/mol. The van der Waals surface area contributed by atoms with Gasteiger partial charge in [-0.1, -0.05) is 97.1 Å². The first-order chi connectivity index (χ1) is 21.1. The molecule has 6 heteroatoms. The van der Waals surface area contributed by atoms with Gasteiger partial charge in [0, 0.05) is 62.0 Å². The van der Waals surface area contributed by atoms with Crippen LogP contribution in [0.5, 0.6) is 0 Å². The largest absolute Gasteiger partial charge is 0.324 e. The molecule has 204 valence electrons. The lowest BCUT2D eigenvalue weighted by atomic mass is 10.1. The molecule has 0 fully saturated rings. The molecule has 6 nitrogen and oxygen atoms in total. The van der Waals surface area contributed by atoms with E-state index in [0.29, 0.717) is 0 Å². The standard InChI is InChI=1S/C37H26N6/c1-20-30-22-12-4-6-14-24(22)32(20)40-36-28-18-10-11-19-29(28)37(43(36)3)41-33-21(2)31(23-13-5-7-15-25(23)33)39-35-27-17-9-8-16-26(27)34(38-30)42-35/h4-19H,1-3H3,(H,38,39,42). The Labute approximate surface area is 247 Å². The molecule has 0 amide bonds. The molecule has 2 aliphatic rings. The van der Waals surface area contributed by atoms with Crippen molar-refractivity contribution in [3.8, 4) is 45.0 Å². The van der Waals surface area contributed by atoms with Crippen molar-refractivity contribution in [2.24, 2.45) is 7.05 Å². The molecular formula is C37H26N6. The van der Waals surface area contributed by atoms with Crippen LogP contribution in [0.25, 0.3) is 89.2 Å². The Hall–Kier alpha value is -5.62. The number of rotatable bonds is 0. The quantitative estimate of drug-likeness (QED) is 0.203. The van der Waals surface area contributed by atoms with E-state index in [0.717, 1.165) is 100 Å². The summed E-state index contributed by atoms with van der Waals surface area (Å²) in [4.78, 5) is 25.0. The molecule has 2 aliphatic carbocycles. The molecule has 9 rings (SSSR count). The number of hydrogen-bond acceptors (Lipinski definition) is 4. The van der Waals surface area contributed by atoms with Crippen LogP contribution >= 0.6 is 0 Å². The van der Waals surface area contributed by atoms with E-state index in [-0.39, 0.29) is 0 Å². The van der Waals surface area contributed by atoms with Crippen LogP contribution in [-0.2, 0) is 7.05 Å². The van der Waals surface area contributed by atoms with E-state index in [2.05, 4.69) is 128 Å². The molecule has 3 heterocycles. The van der Waals surface area contributed by atoms with Gasteiger partial charge in [-0.3, -0.25) is 0 Å². The second-order valence-corrected chi connectivity index (χ2v) is 11.3. The summed E-state index contributed by atoms with van der Waals surface area (Å²) in [5, 5.41) is 4.19. The van der Waals surface area contributed by atoms with E-state index in [9.17, 15) is 0 Å². The van der Waals surface area contributed by atoms with E-state index in [1.54, 1.807) is 0 Å². The van der Waals surface area contributed by atoms with Crippen LogP contribution in [-0.4, -0.2) is 29.5 Å². The highest BCUT2D eigenvalue weighted by Crippen LogP contribution is 2.43. The van der Waals surface area contributed by atoms with Gasteiger partial charge in [0.2, 0.25) is 0 Å². The zero-order valence-corrected chi connectivity index (χ0v) is 24.0. The van der Waals surface area contributed by atoms with Crippen molar-refractivity contribution in [1.29, 1.82) is 0 Å². The predicted octanol–water partition coefficient (Wildman–Crippen LogP) is 8.71. The maximum absolute atomic E-state index is 5.39. The maximum atomic E-state index is 5.39. The Kier molecular flexibility index (Phi) is 4.86. The summed E-state index contributed by atoms with van der Waals surface area (Å²) in [6.07, 6.45) is 0. The van der Waals surface area contributed by atoms with Crippen molar-refractivity contribution in [3.63, 3.8) is 0 Å². The first-order valence-corrected chi connectivity index (χ1v) is 14.5. The van der Waals surface area contributed by atoms with E-state index in [4.69, 9.17) is 19.9 Å². The summed E-state index contributed by atoms with van der Waals surface area (Å²) in [6, 6.07) is 33.5. The van der Waals surface area contributed by atoms with Crippen molar-refractivity contribution in [3.05, 3.63) is 108 Å². The Morgan fingerprint density at radius 3 is 1.16 bits per heavy atom. The second kappa shape index (κ2) is 8.69. The van der Waals surface area contributed by atoms with Crippen LogP contribution in [0, 0.1) is 13.8 Å². The van der Waals surface area contributed by atoms with Gasteiger partial charge in [-0.05, 0) is 13.8 Å². The summed E-state index contributed by atoms with van der Waals surface area (Å²) in [6.45, 7) is 4.24. The first kappa shape index (κ1) is 24.0. The molecule has 8 bridgehead atoms. The maximum Gasteiger partial charge on any atom is 0.142 e. The first-order valence-electron chi connectivity index (χ1n) is 14.5. The van der Waals surface area contributed by atoms with Crippen LogP contribution in [0.3, 0.4) is 0 Å². The van der Waals surface area contributed by atoms with Gasteiger partial charge in [0.05, 0.1) is 22.8 Å². The average molecular weight is 555 g/mol. The molecule has 7 aromatic rings. The number of nitrogens with one attached hydrogen (secondary N) is 1. The minimum absolute atomic E-state index is 0.789. The smallest absolute Gasteiger partial charge is 0.142 e. The number of H-pyrrole nitrogens is 1.